The summed E-state index contributed by atoms with van der Waals surface area (Å²) in [7, 11) is 0. The molecule has 1 aromatic heterocycles. The third-order valence-corrected chi connectivity index (χ3v) is 4.69. The monoisotopic (exact) mass is 329 g/mol. The molecule has 0 radical (unpaired) electrons. The van der Waals surface area contributed by atoms with Gasteiger partial charge in [0.1, 0.15) is 0 Å². The third-order valence-electron chi connectivity index (χ3n) is 4.69. The quantitative estimate of drug-likeness (QED) is 0.788. The summed E-state index contributed by atoms with van der Waals surface area (Å²) in [4.78, 5) is 28.6. The van der Waals surface area contributed by atoms with Gasteiger partial charge in [-0.25, -0.2) is 0 Å². The van der Waals surface area contributed by atoms with Crippen molar-refractivity contribution in [2.45, 2.75) is 31.8 Å². The van der Waals surface area contributed by atoms with Crippen molar-refractivity contribution in [2.75, 3.05) is 19.6 Å². The topological polar surface area (TPSA) is 85.4 Å². The lowest BCUT2D eigenvalue weighted by molar-refractivity contribution is -0.150. The zero-order chi connectivity index (χ0) is 17.2. The van der Waals surface area contributed by atoms with Gasteiger partial charge < -0.3 is 20.3 Å². The lowest BCUT2D eigenvalue weighted by Crippen LogP contribution is -2.58. The molecule has 24 heavy (non-hydrogen) atoms. The molecule has 6 nitrogen and oxygen atoms in total. The average Bonchev–Trinajstić information content (AvgIpc) is 2.98. The van der Waals surface area contributed by atoms with Crippen molar-refractivity contribution in [2.24, 2.45) is 0 Å². The van der Waals surface area contributed by atoms with E-state index in [1.807, 2.05) is 30.5 Å². The van der Waals surface area contributed by atoms with E-state index in [1.54, 1.807) is 0 Å². The maximum Gasteiger partial charge on any atom is 0.253 e. The van der Waals surface area contributed by atoms with Crippen molar-refractivity contribution in [1.82, 2.24) is 15.2 Å². The second kappa shape index (κ2) is 6.65. The highest BCUT2D eigenvalue weighted by Gasteiger charge is 2.40. The predicted octanol–water partition coefficient (Wildman–Crippen LogP) is 1.20. The highest BCUT2D eigenvalue weighted by atomic mass is 16.3. The summed E-state index contributed by atoms with van der Waals surface area (Å²) in [5.41, 5.74) is 0.721. The predicted molar refractivity (Wildman–Crippen MR) is 91.5 cm³/mol. The molecule has 1 aliphatic rings. The SMILES string of the molecule is CC(=O)N1CCCC(O)(C(=O)NCCc2c[nH]c3ccccc23)C1. The van der Waals surface area contributed by atoms with Crippen molar-refractivity contribution >= 4 is 22.7 Å². The second-order valence-electron chi connectivity index (χ2n) is 6.44. The summed E-state index contributed by atoms with van der Waals surface area (Å²) >= 11 is 0. The van der Waals surface area contributed by atoms with Crippen molar-refractivity contribution in [3.8, 4) is 0 Å². The Morgan fingerprint density at radius 2 is 2.17 bits per heavy atom. The summed E-state index contributed by atoms with van der Waals surface area (Å²) in [5, 5.41) is 14.5. The van der Waals surface area contributed by atoms with E-state index in [1.165, 1.54) is 11.8 Å². The summed E-state index contributed by atoms with van der Waals surface area (Å²) < 4.78 is 0. The average molecular weight is 329 g/mol. The molecule has 3 rings (SSSR count). The molecule has 1 atom stereocenters. The molecule has 2 heterocycles. The van der Waals surface area contributed by atoms with E-state index in [0.717, 1.165) is 16.5 Å². The van der Waals surface area contributed by atoms with Crippen LogP contribution in [0.1, 0.15) is 25.3 Å². The molecule has 0 aliphatic carbocycles. The minimum atomic E-state index is -1.48. The maximum atomic E-state index is 12.4. The van der Waals surface area contributed by atoms with Gasteiger partial charge in [0, 0.05) is 37.1 Å². The number of piperidine rings is 1. The molecule has 3 N–H and O–H groups in total. The Kier molecular flexibility index (Phi) is 4.57. The zero-order valence-electron chi connectivity index (χ0n) is 13.8. The molecule has 1 aromatic carbocycles. The van der Waals surface area contributed by atoms with Crippen LogP contribution in [0.25, 0.3) is 10.9 Å². The number of nitrogens with one attached hydrogen (secondary N) is 2. The number of hydrogen-bond acceptors (Lipinski definition) is 3. The first-order valence-corrected chi connectivity index (χ1v) is 8.31. The number of aliphatic hydroxyl groups is 1. The molecule has 0 spiro atoms. The number of rotatable bonds is 4. The number of aromatic nitrogens is 1. The maximum absolute atomic E-state index is 12.4. The minimum absolute atomic E-state index is 0.0707. The minimum Gasteiger partial charge on any atom is -0.378 e. The first kappa shape index (κ1) is 16.5. The molecule has 128 valence electrons. The van der Waals surface area contributed by atoms with E-state index < -0.39 is 11.5 Å². The first-order chi connectivity index (χ1) is 11.5. The van der Waals surface area contributed by atoms with Gasteiger partial charge in [0.05, 0.1) is 6.54 Å². The standard InChI is InChI=1S/C18H23N3O3/c1-13(22)21-10-4-8-18(24,12-21)17(23)19-9-7-14-11-20-16-6-3-2-5-15(14)16/h2-3,5-6,11,20,24H,4,7-10,12H2,1H3,(H,19,23). The van der Waals surface area contributed by atoms with Crippen LogP contribution in [0, 0.1) is 0 Å². The Morgan fingerprint density at radius 1 is 1.38 bits per heavy atom. The van der Waals surface area contributed by atoms with Crippen LogP contribution in [0.15, 0.2) is 30.5 Å². The molecule has 1 unspecified atom stereocenters. The Bertz CT molecular complexity index is 755. The largest absolute Gasteiger partial charge is 0.378 e. The van der Waals surface area contributed by atoms with Gasteiger partial charge in [-0.3, -0.25) is 9.59 Å². The van der Waals surface area contributed by atoms with Crippen LogP contribution in [-0.2, 0) is 16.0 Å². The number of benzene rings is 1. The smallest absolute Gasteiger partial charge is 0.253 e. The Morgan fingerprint density at radius 3 is 2.96 bits per heavy atom. The number of nitrogens with zero attached hydrogens (tertiary/aromatic N) is 1. The van der Waals surface area contributed by atoms with Gasteiger partial charge in [0.15, 0.2) is 5.60 Å². The number of amides is 2. The Balaban J connectivity index is 1.58. The molecular weight excluding hydrogens is 306 g/mol. The summed E-state index contributed by atoms with van der Waals surface area (Å²) in [6.45, 7) is 2.57. The highest BCUT2D eigenvalue weighted by Crippen LogP contribution is 2.22. The number of H-pyrrole nitrogens is 1. The van der Waals surface area contributed by atoms with Crippen LogP contribution in [0.2, 0.25) is 0 Å². The van der Waals surface area contributed by atoms with Crippen molar-refractivity contribution in [3.05, 3.63) is 36.0 Å². The summed E-state index contributed by atoms with van der Waals surface area (Å²) in [6, 6.07) is 8.02. The highest BCUT2D eigenvalue weighted by molar-refractivity contribution is 5.87. The molecule has 0 saturated carbocycles. The molecule has 2 aromatic rings. The second-order valence-corrected chi connectivity index (χ2v) is 6.44. The van der Waals surface area contributed by atoms with Gasteiger partial charge in [-0.05, 0) is 30.9 Å². The molecule has 6 heteroatoms. The number of fused-ring (bicyclic) bond motifs is 1. The van der Waals surface area contributed by atoms with E-state index in [9.17, 15) is 14.7 Å². The van der Waals surface area contributed by atoms with Crippen molar-refractivity contribution in [3.63, 3.8) is 0 Å². The fourth-order valence-corrected chi connectivity index (χ4v) is 3.30. The van der Waals surface area contributed by atoms with E-state index in [-0.39, 0.29) is 12.5 Å². The van der Waals surface area contributed by atoms with Crippen molar-refractivity contribution in [1.29, 1.82) is 0 Å². The fraction of sp³-hybridized carbons (Fsp3) is 0.444. The van der Waals surface area contributed by atoms with Gasteiger partial charge in [-0.15, -0.1) is 0 Å². The molecule has 2 amide bonds. The zero-order valence-corrected chi connectivity index (χ0v) is 13.8. The third kappa shape index (κ3) is 3.28. The van der Waals surface area contributed by atoms with E-state index >= 15 is 0 Å². The van der Waals surface area contributed by atoms with Crippen molar-refractivity contribution < 1.29 is 14.7 Å². The van der Waals surface area contributed by atoms with E-state index in [2.05, 4.69) is 10.3 Å². The van der Waals surface area contributed by atoms with Gasteiger partial charge >= 0.3 is 0 Å². The summed E-state index contributed by atoms with van der Waals surface area (Å²) in [6.07, 6.45) is 3.65. The van der Waals surface area contributed by atoms with Crippen LogP contribution in [-0.4, -0.2) is 52.0 Å². The van der Waals surface area contributed by atoms with Gasteiger partial charge in [0.25, 0.3) is 5.91 Å². The van der Waals surface area contributed by atoms with Crippen LogP contribution in [0.3, 0.4) is 0 Å². The number of hydrogen-bond donors (Lipinski definition) is 3. The van der Waals surface area contributed by atoms with Crippen LogP contribution in [0.4, 0.5) is 0 Å². The Labute approximate surface area is 140 Å². The number of β-amino-alcohol motifs (C(OH)–C–C–N with tert-alkyl or cyclic N) is 1. The molecule has 1 saturated heterocycles. The Hall–Kier alpha value is -2.34. The van der Waals surface area contributed by atoms with Crippen LogP contribution >= 0.6 is 0 Å². The van der Waals surface area contributed by atoms with E-state index in [4.69, 9.17) is 0 Å². The number of likely N-dealkylation sites (tertiary alicyclic amines) is 1. The lowest BCUT2D eigenvalue weighted by Gasteiger charge is -2.37. The van der Waals surface area contributed by atoms with Gasteiger partial charge in [-0.1, -0.05) is 18.2 Å². The number of carbonyl (C=O) groups is 2. The number of carbonyl (C=O) groups excluding carboxylic acids is 2. The van der Waals surface area contributed by atoms with E-state index in [0.29, 0.717) is 32.4 Å². The van der Waals surface area contributed by atoms with Gasteiger partial charge in [0.2, 0.25) is 5.91 Å². The number of para-hydroxylation sites is 1. The molecular formula is C18H23N3O3. The molecule has 1 fully saturated rings. The molecule has 1 aliphatic heterocycles. The fourth-order valence-electron chi connectivity index (χ4n) is 3.30. The number of aromatic amines is 1. The van der Waals surface area contributed by atoms with Gasteiger partial charge in [-0.2, -0.15) is 0 Å². The normalized spacial score (nSPS) is 21.0. The lowest BCUT2D eigenvalue weighted by atomic mass is 9.91. The summed E-state index contributed by atoms with van der Waals surface area (Å²) in [5.74, 6) is -0.506. The van der Waals surface area contributed by atoms with Crippen LogP contribution in [0.5, 0.6) is 0 Å². The molecule has 0 bridgehead atoms. The first-order valence-electron chi connectivity index (χ1n) is 8.31. The van der Waals surface area contributed by atoms with Crippen LogP contribution < -0.4 is 5.32 Å².